The molecule has 1 saturated heterocycles. The molecule has 8 nitrogen and oxygen atoms in total. The molecule has 1 aromatic rings. The maximum Gasteiger partial charge on any atom is 0.290 e. The molecule has 0 bridgehead atoms. The van der Waals surface area contributed by atoms with Crippen LogP contribution in [0, 0.1) is 0 Å². The first-order chi connectivity index (χ1) is 15.3. The molecule has 0 spiro atoms. The zero-order valence-corrected chi connectivity index (χ0v) is 20.3. The standard InChI is InChI=1S/C16H25F2N5O.C3H8.C2H6.CH2O2/c1-22(20)13(10-24-2)14(19)11-6-7-12(15(21-11)16(17)18)23-8-4-3-5-9-23;1-3-2;1-2;2-1-3/h6-7,16H,3-5,8-10,19-20H2,1-2H3;3H2,1-2H3;1-2H3;1H,(H,2,3)/b14-13-;;;. The third-order valence-corrected chi connectivity index (χ3v) is 4.10. The van der Waals surface area contributed by atoms with Crippen LogP contribution < -0.4 is 16.5 Å². The summed E-state index contributed by atoms with van der Waals surface area (Å²) < 4.78 is 32.1. The van der Waals surface area contributed by atoms with E-state index in [1.165, 1.54) is 18.5 Å². The Bertz CT molecular complexity index is 652. The van der Waals surface area contributed by atoms with Gasteiger partial charge in [0.05, 0.1) is 29.4 Å². The summed E-state index contributed by atoms with van der Waals surface area (Å²) in [5.41, 5.74) is 7.31. The van der Waals surface area contributed by atoms with Crippen LogP contribution in [0.1, 0.15) is 71.2 Å². The van der Waals surface area contributed by atoms with E-state index in [0.717, 1.165) is 32.4 Å². The normalized spacial score (nSPS) is 13.4. The summed E-state index contributed by atoms with van der Waals surface area (Å²) in [6.45, 7) is 9.71. The quantitative estimate of drug-likeness (QED) is 0.327. The molecule has 1 fully saturated rings. The first-order valence-corrected chi connectivity index (χ1v) is 10.9. The van der Waals surface area contributed by atoms with Gasteiger partial charge in [-0.1, -0.05) is 34.1 Å². The van der Waals surface area contributed by atoms with Crippen LogP contribution in [0.4, 0.5) is 14.5 Å². The Kier molecular flexibility index (Phi) is 19.1. The molecule has 0 amide bonds. The number of hydrazine groups is 1. The van der Waals surface area contributed by atoms with Gasteiger partial charge in [0.2, 0.25) is 0 Å². The van der Waals surface area contributed by atoms with E-state index in [1.54, 1.807) is 19.2 Å². The number of hydrogen-bond acceptors (Lipinski definition) is 7. The van der Waals surface area contributed by atoms with Gasteiger partial charge >= 0.3 is 0 Å². The smallest absolute Gasteiger partial charge is 0.290 e. The van der Waals surface area contributed by atoms with E-state index in [9.17, 15) is 8.78 Å². The molecule has 1 aliphatic heterocycles. The molecular formula is C22H41F2N5O3. The van der Waals surface area contributed by atoms with Crippen LogP contribution in [0.3, 0.4) is 0 Å². The van der Waals surface area contributed by atoms with Crippen LogP contribution in [0.5, 0.6) is 0 Å². The Labute approximate surface area is 191 Å². The van der Waals surface area contributed by atoms with Gasteiger partial charge in [-0.15, -0.1) is 0 Å². The Morgan fingerprint density at radius 1 is 1.28 bits per heavy atom. The van der Waals surface area contributed by atoms with Crippen molar-refractivity contribution in [3.63, 3.8) is 0 Å². The highest BCUT2D eigenvalue weighted by molar-refractivity contribution is 5.65. The number of carboxylic acid groups (broad SMARTS) is 1. The number of pyridine rings is 1. The van der Waals surface area contributed by atoms with Crippen molar-refractivity contribution < 1.29 is 23.4 Å². The fourth-order valence-corrected chi connectivity index (χ4v) is 2.83. The second-order valence-corrected chi connectivity index (χ2v) is 6.67. The number of carbonyl (C=O) groups is 1. The fraction of sp³-hybridized carbons (Fsp3) is 0.636. The molecule has 0 atom stereocenters. The number of rotatable bonds is 6. The molecule has 2 heterocycles. The molecule has 1 aromatic heterocycles. The van der Waals surface area contributed by atoms with Gasteiger partial charge in [-0.05, 0) is 31.4 Å². The van der Waals surface area contributed by atoms with E-state index in [-0.39, 0.29) is 30.2 Å². The van der Waals surface area contributed by atoms with Gasteiger partial charge in [0.1, 0.15) is 5.69 Å². The predicted octanol–water partition coefficient (Wildman–Crippen LogP) is 4.23. The van der Waals surface area contributed by atoms with Crippen molar-refractivity contribution in [3.8, 4) is 0 Å². The number of hydrogen-bond donors (Lipinski definition) is 3. The number of anilines is 1. The molecule has 0 aliphatic carbocycles. The zero-order valence-electron chi connectivity index (χ0n) is 20.3. The van der Waals surface area contributed by atoms with Crippen molar-refractivity contribution in [2.45, 2.75) is 59.8 Å². The van der Waals surface area contributed by atoms with Gasteiger partial charge in [0, 0.05) is 27.2 Å². The molecule has 2 rings (SSSR count). The molecule has 1 aliphatic rings. The molecular weight excluding hydrogens is 420 g/mol. The minimum absolute atomic E-state index is 0.165. The first kappa shape index (κ1) is 31.7. The lowest BCUT2D eigenvalue weighted by Crippen LogP contribution is -2.31. The van der Waals surface area contributed by atoms with Crippen molar-refractivity contribution >= 4 is 17.9 Å². The SMILES string of the molecule is CC.CCC.COC/C(=C(/N)c1ccc(N2CCCCC2)c(C(F)F)n1)N(C)N.O=CO. The molecule has 10 heteroatoms. The highest BCUT2D eigenvalue weighted by Gasteiger charge is 2.22. The van der Waals surface area contributed by atoms with E-state index in [0.29, 0.717) is 11.4 Å². The number of aromatic nitrogens is 1. The van der Waals surface area contributed by atoms with Crippen molar-refractivity contribution in [2.75, 3.05) is 38.8 Å². The number of likely N-dealkylation sites (N-methyl/N-ethyl adjacent to an activating group) is 1. The lowest BCUT2D eigenvalue weighted by atomic mass is 10.1. The van der Waals surface area contributed by atoms with E-state index in [2.05, 4.69) is 18.8 Å². The second kappa shape index (κ2) is 19.2. The highest BCUT2D eigenvalue weighted by atomic mass is 19.3. The van der Waals surface area contributed by atoms with Crippen LogP contribution in [-0.4, -0.2) is 55.4 Å². The molecule has 0 saturated carbocycles. The Balaban J connectivity index is 0. The maximum atomic E-state index is 13.5. The average molecular weight is 462 g/mol. The van der Waals surface area contributed by atoms with Crippen LogP contribution in [0.15, 0.2) is 17.8 Å². The van der Waals surface area contributed by atoms with E-state index in [4.69, 9.17) is 26.2 Å². The summed E-state index contributed by atoms with van der Waals surface area (Å²) in [5.74, 6) is 5.74. The van der Waals surface area contributed by atoms with Crippen molar-refractivity contribution in [2.24, 2.45) is 11.6 Å². The summed E-state index contributed by atoms with van der Waals surface area (Å²) >= 11 is 0. The first-order valence-electron chi connectivity index (χ1n) is 10.9. The van der Waals surface area contributed by atoms with Crippen LogP contribution in [0.25, 0.3) is 5.70 Å². The van der Waals surface area contributed by atoms with Gasteiger partial charge in [0.25, 0.3) is 12.9 Å². The summed E-state index contributed by atoms with van der Waals surface area (Å²) in [7, 11) is 3.12. The third kappa shape index (κ3) is 11.2. The lowest BCUT2D eigenvalue weighted by molar-refractivity contribution is -0.122. The van der Waals surface area contributed by atoms with Crippen molar-refractivity contribution in [3.05, 3.63) is 29.2 Å². The number of halogens is 2. The third-order valence-electron chi connectivity index (χ3n) is 4.10. The topological polar surface area (TPSA) is 118 Å². The summed E-state index contributed by atoms with van der Waals surface area (Å²) in [6.07, 6.45) is 1.71. The molecule has 32 heavy (non-hydrogen) atoms. The van der Waals surface area contributed by atoms with Crippen LogP contribution in [0.2, 0.25) is 0 Å². The van der Waals surface area contributed by atoms with Crippen molar-refractivity contribution in [1.29, 1.82) is 0 Å². The van der Waals surface area contributed by atoms with Gasteiger partial charge in [-0.2, -0.15) is 0 Å². The lowest BCUT2D eigenvalue weighted by Gasteiger charge is -2.30. The summed E-state index contributed by atoms with van der Waals surface area (Å²) in [6, 6.07) is 3.33. The summed E-state index contributed by atoms with van der Waals surface area (Å²) in [5, 5.41) is 8.20. The largest absolute Gasteiger partial charge is 0.483 e. The predicted molar refractivity (Wildman–Crippen MR) is 126 cm³/mol. The number of methoxy groups -OCH3 is 1. The Hall–Kier alpha value is -2.46. The van der Waals surface area contributed by atoms with Gasteiger partial charge < -0.3 is 25.5 Å². The Morgan fingerprint density at radius 3 is 2.19 bits per heavy atom. The van der Waals surface area contributed by atoms with Gasteiger partial charge in [0.15, 0.2) is 0 Å². The number of piperidine rings is 1. The minimum atomic E-state index is -2.67. The second-order valence-electron chi connectivity index (χ2n) is 6.67. The van der Waals surface area contributed by atoms with E-state index < -0.39 is 6.43 Å². The van der Waals surface area contributed by atoms with Gasteiger partial charge in [-0.25, -0.2) is 19.6 Å². The van der Waals surface area contributed by atoms with Crippen molar-refractivity contribution in [1.82, 2.24) is 9.99 Å². The van der Waals surface area contributed by atoms with Crippen LogP contribution in [-0.2, 0) is 9.53 Å². The van der Waals surface area contributed by atoms with E-state index >= 15 is 0 Å². The fourth-order valence-electron chi connectivity index (χ4n) is 2.83. The number of alkyl halides is 2. The average Bonchev–Trinajstić information content (AvgIpc) is 2.79. The molecule has 0 aromatic carbocycles. The molecule has 0 unspecified atom stereocenters. The van der Waals surface area contributed by atoms with Crippen LogP contribution >= 0.6 is 0 Å². The number of nitrogens with two attached hydrogens (primary N) is 2. The van der Waals surface area contributed by atoms with E-state index in [1.807, 2.05) is 18.7 Å². The molecule has 5 N–H and O–H groups in total. The molecule has 186 valence electrons. The monoisotopic (exact) mass is 461 g/mol. The Morgan fingerprint density at radius 2 is 1.78 bits per heavy atom. The number of nitrogens with zero attached hydrogens (tertiary/aromatic N) is 3. The zero-order chi connectivity index (χ0) is 25.1. The highest BCUT2D eigenvalue weighted by Crippen LogP contribution is 2.31. The molecule has 0 radical (unpaired) electrons. The number of ether oxygens (including phenoxy) is 1. The maximum absolute atomic E-state index is 13.5. The minimum Gasteiger partial charge on any atom is -0.483 e. The van der Waals surface area contributed by atoms with Gasteiger partial charge in [-0.3, -0.25) is 4.79 Å². The summed E-state index contributed by atoms with van der Waals surface area (Å²) in [4.78, 5) is 14.4.